The number of nitrogens with one attached hydrogen (secondary N) is 1. The quantitative estimate of drug-likeness (QED) is 0.835. The van der Waals surface area contributed by atoms with Crippen LogP contribution in [0.2, 0.25) is 0 Å². The summed E-state index contributed by atoms with van der Waals surface area (Å²) >= 11 is 0. The van der Waals surface area contributed by atoms with Gasteiger partial charge < -0.3 is 11.1 Å². The van der Waals surface area contributed by atoms with E-state index in [0.717, 1.165) is 32.4 Å². The molecule has 4 nitrogen and oxygen atoms in total. The van der Waals surface area contributed by atoms with Crippen molar-refractivity contribution in [1.82, 2.24) is 15.2 Å². The molecule has 3 N–H and O–H groups in total. The summed E-state index contributed by atoms with van der Waals surface area (Å²) in [6, 6.07) is 15.5. The van der Waals surface area contributed by atoms with Gasteiger partial charge in [0.1, 0.15) is 0 Å². The SMILES string of the molecule is NC1CCC(N(C[C@H]2Cc3ncccc3CN2)[C@H]2CCCc3ccccc32)CC1. The van der Waals surface area contributed by atoms with E-state index in [1.807, 2.05) is 6.20 Å². The Labute approximate surface area is 174 Å². The van der Waals surface area contributed by atoms with Crippen LogP contribution in [-0.2, 0) is 19.4 Å². The number of nitrogens with two attached hydrogens (primary N) is 1. The molecule has 4 heteroatoms. The third-order valence-electron chi connectivity index (χ3n) is 7.39. The summed E-state index contributed by atoms with van der Waals surface area (Å²) in [5, 5.41) is 3.81. The minimum absolute atomic E-state index is 0.399. The Morgan fingerprint density at radius 1 is 1.00 bits per heavy atom. The third-order valence-corrected chi connectivity index (χ3v) is 7.39. The van der Waals surface area contributed by atoms with Gasteiger partial charge in [-0.1, -0.05) is 30.3 Å². The fraction of sp³-hybridized carbons (Fsp3) is 0.560. The molecular formula is C25H34N4. The largest absolute Gasteiger partial charge is 0.328 e. The highest BCUT2D eigenvalue weighted by Gasteiger charge is 2.34. The van der Waals surface area contributed by atoms with Gasteiger partial charge in [0.25, 0.3) is 0 Å². The Hall–Kier alpha value is -1.75. The van der Waals surface area contributed by atoms with Gasteiger partial charge in [-0.05, 0) is 67.7 Å². The second kappa shape index (κ2) is 8.55. The van der Waals surface area contributed by atoms with Gasteiger partial charge in [0.05, 0.1) is 0 Å². The van der Waals surface area contributed by atoms with Gasteiger partial charge in [0.15, 0.2) is 0 Å². The molecule has 1 fully saturated rings. The van der Waals surface area contributed by atoms with Crippen LogP contribution in [0, 0.1) is 0 Å². The maximum atomic E-state index is 6.25. The van der Waals surface area contributed by atoms with Crippen LogP contribution >= 0.6 is 0 Å². The van der Waals surface area contributed by atoms with Crippen molar-refractivity contribution in [2.45, 2.75) is 82.1 Å². The molecule has 2 atom stereocenters. The van der Waals surface area contributed by atoms with Crippen molar-refractivity contribution in [3.8, 4) is 0 Å². The van der Waals surface area contributed by atoms with Crippen LogP contribution in [0.3, 0.4) is 0 Å². The summed E-state index contributed by atoms with van der Waals surface area (Å²) in [7, 11) is 0. The number of hydrogen-bond donors (Lipinski definition) is 2. The first-order chi connectivity index (χ1) is 14.3. The second-order valence-electron chi connectivity index (χ2n) is 9.26. The van der Waals surface area contributed by atoms with Crippen LogP contribution in [0.4, 0.5) is 0 Å². The van der Waals surface area contributed by atoms with Gasteiger partial charge in [-0.3, -0.25) is 9.88 Å². The molecular weight excluding hydrogens is 356 g/mol. The van der Waals surface area contributed by atoms with Crippen LogP contribution in [-0.4, -0.2) is 34.6 Å². The second-order valence-corrected chi connectivity index (χ2v) is 9.26. The van der Waals surface area contributed by atoms with Crippen molar-refractivity contribution < 1.29 is 0 Å². The van der Waals surface area contributed by atoms with Gasteiger partial charge in [-0.15, -0.1) is 0 Å². The maximum Gasteiger partial charge on any atom is 0.0464 e. The van der Waals surface area contributed by atoms with E-state index in [9.17, 15) is 0 Å². The van der Waals surface area contributed by atoms with Crippen molar-refractivity contribution in [3.63, 3.8) is 0 Å². The predicted octanol–water partition coefficient (Wildman–Crippen LogP) is 3.75. The normalized spacial score (nSPS) is 29.3. The molecule has 29 heavy (non-hydrogen) atoms. The molecule has 1 aliphatic heterocycles. The predicted molar refractivity (Wildman–Crippen MR) is 118 cm³/mol. The van der Waals surface area contributed by atoms with Crippen LogP contribution in [0.15, 0.2) is 42.6 Å². The maximum absolute atomic E-state index is 6.25. The van der Waals surface area contributed by atoms with Crippen molar-refractivity contribution in [2.24, 2.45) is 5.73 Å². The minimum atomic E-state index is 0.399. The topological polar surface area (TPSA) is 54.2 Å². The van der Waals surface area contributed by atoms with E-state index in [1.165, 1.54) is 43.4 Å². The van der Waals surface area contributed by atoms with Crippen LogP contribution in [0.25, 0.3) is 0 Å². The Bertz CT molecular complexity index is 827. The van der Waals surface area contributed by atoms with E-state index in [-0.39, 0.29) is 0 Å². The molecule has 0 unspecified atom stereocenters. The lowest BCUT2D eigenvalue weighted by Crippen LogP contribution is -2.51. The number of hydrogen-bond acceptors (Lipinski definition) is 4. The zero-order valence-corrected chi connectivity index (χ0v) is 17.4. The molecule has 2 aliphatic carbocycles. The average molecular weight is 391 g/mol. The van der Waals surface area contributed by atoms with Crippen LogP contribution < -0.4 is 11.1 Å². The molecule has 2 heterocycles. The molecule has 1 saturated carbocycles. The Morgan fingerprint density at radius 2 is 1.83 bits per heavy atom. The van der Waals surface area contributed by atoms with Crippen molar-refractivity contribution >= 4 is 0 Å². The molecule has 0 bridgehead atoms. The standard InChI is InChI=1S/C25H34N4/c26-20-10-12-22(13-11-20)29(25-9-3-6-18-5-1-2-8-23(18)25)17-21-15-24-19(16-28-21)7-4-14-27-24/h1-2,4-5,7-8,14,20-22,25,28H,3,6,9-13,15-17,26H2/t20?,21-,22?,25+/m1/s1. The van der Waals surface area contributed by atoms with Gasteiger partial charge in [0.2, 0.25) is 0 Å². The van der Waals surface area contributed by atoms with Crippen LogP contribution in [0.1, 0.15) is 67.0 Å². The number of nitrogens with zero attached hydrogens (tertiary/aromatic N) is 2. The number of aromatic nitrogens is 1. The van der Waals surface area contributed by atoms with Crippen molar-refractivity contribution in [3.05, 3.63) is 65.0 Å². The number of benzene rings is 1. The summed E-state index contributed by atoms with van der Waals surface area (Å²) in [6.07, 6.45) is 11.6. The van der Waals surface area contributed by atoms with E-state index in [2.05, 4.69) is 51.6 Å². The van der Waals surface area contributed by atoms with Gasteiger partial charge in [-0.2, -0.15) is 0 Å². The summed E-state index contributed by atoms with van der Waals surface area (Å²) in [5.74, 6) is 0. The molecule has 0 amide bonds. The molecule has 1 aromatic heterocycles. The first-order valence-corrected chi connectivity index (χ1v) is 11.5. The molecule has 154 valence electrons. The first kappa shape index (κ1) is 19.2. The minimum Gasteiger partial charge on any atom is -0.328 e. The summed E-state index contributed by atoms with van der Waals surface area (Å²) in [4.78, 5) is 7.53. The van der Waals surface area contributed by atoms with Crippen molar-refractivity contribution in [2.75, 3.05) is 6.54 Å². The van der Waals surface area contributed by atoms with Crippen LogP contribution in [0.5, 0.6) is 0 Å². The lowest BCUT2D eigenvalue weighted by molar-refractivity contribution is 0.0760. The Kier molecular flexibility index (Phi) is 5.67. The first-order valence-electron chi connectivity index (χ1n) is 11.5. The van der Waals surface area contributed by atoms with E-state index in [1.54, 1.807) is 11.1 Å². The smallest absolute Gasteiger partial charge is 0.0464 e. The Morgan fingerprint density at radius 3 is 2.72 bits per heavy atom. The number of pyridine rings is 1. The van der Waals surface area contributed by atoms with E-state index in [0.29, 0.717) is 24.2 Å². The average Bonchev–Trinajstić information content (AvgIpc) is 2.78. The molecule has 1 aromatic carbocycles. The molecule has 3 aliphatic rings. The van der Waals surface area contributed by atoms with E-state index >= 15 is 0 Å². The summed E-state index contributed by atoms with van der Waals surface area (Å²) in [6.45, 7) is 2.05. The molecule has 0 saturated heterocycles. The highest BCUT2D eigenvalue weighted by atomic mass is 15.2. The lowest BCUT2D eigenvalue weighted by atomic mass is 9.83. The molecule has 0 radical (unpaired) electrons. The zero-order chi connectivity index (χ0) is 19.6. The monoisotopic (exact) mass is 390 g/mol. The zero-order valence-electron chi connectivity index (χ0n) is 17.4. The van der Waals surface area contributed by atoms with Gasteiger partial charge in [0, 0.05) is 55.6 Å². The van der Waals surface area contributed by atoms with Gasteiger partial charge in [-0.25, -0.2) is 0 Å². The van der Waals surface area contributed by atoms with E-state index < -0.39 is 0 Å². The summed E-state index contributed by atoms with van der Waals surface area (Å²) in [5.41, 5.74) is 12.0. The fourth-order valence-corrected chi connectivity index (χ4v) is 5.80. The number of aryl methyl sites for hydroxylation is 1. The Balaban J connectivity index is 1.40. The highest BCUT2D eigenvalue weighted by molar-refractivity contribution is 5.32. The molecule has 0 spiro atoms. The summed E-state index contributed by atoms with van der Waals surface area (Å²) < 4.78 is 0. The van der Waals surface area contributed by atoms with Crippen molar-refractivity contribution in [1.29, 1.82) is 0 Å². The highest BCUT2D eigenvalue weighted by Crippen LogP contribution is 2.38. The molecule has 2 aromatic rings. The van der Waals surface area contributed by atoms with Gasteiger partial charge >= 0.3 is 0 Å². The molecule has 5 rings (SSSR count). The lowest BCUT2D eigenvalue weighted by Gasteiger charge is -2.45. The number of rotatable bonds is 4. The fourth-order valence-electron chi connectivity index (χ4n) is 5.80. The third kappa shape index (κ3) is 4.11. The number of fused-ring (bicyclic) bond motifs is 2. The van der Waals surface area contributed by atoms with E-state index in [4.69, 9.17) is 5.73 Å².